The van der Waals surface area contributed by atoms with E-state index in [1.165, 1.54) is 19.1 Å². The zero-order valence-electron chi connectivity index (χ0n) is 13.4. The number of rotatable bonds is 6. The molecule has 7 heteroatoms. The molecule has 6 nitrogen and oxygen atoms in total. The quantitative estimate of drug-likeness (QED) is 0.853. The van der Waals surface area contributed by atoms with Crippen LogP contribution in [0.5, 0.6) is 0 Å². The van der Waals surface area contributed by atoms with Crippen molar-refractivity contribution in [2.75, 3.05) is 13.2 Å². The zero-order chi connectivity index (χ0) is 16.9. The lowest BCUT2D eigenvalue weighted by Gasteiger charge is -2.23. The van der Waals surface area contributed by atoms with Gasteiger partial charge in [-0.1, -0.05) is 17.7 Å². The van der Waals surface area contributed by atoms with Crippen molar-refractivity contribution < 1.29 is 22.7 Å². The average Bonchev–Trinajstić information content (AvgIpc) is 2.53. The number of aryl methyl sites for hydroxylation is 1. The van der Waals surface area contributed by atoms with Gasteiger partial charge in [0, 0.05) is 6.61 Å². The van der Waals surface area contributed by atoms with E-state index in [1.54, 1.807) is 12.1 Å². The summed E-state index contributed by atoms with van der Waals surface area (Å²) < 4.78 is 37.3. The zero-order valence-corrected chi connectivity index (χ0v) is 14.3. The number of sulfonamides is 1. The van der Waals surface area contributed by atoms with Gasteiger partial charge < -0.3 is 9.47 Å². The minimum absolute atomic E-state index is 0.0206. The van der Waals surface area contributed by atoms with E-state index in [4.69, 9.17) is 9.47 Å². The van der Waals surface area contributed by atoms with Gasteiger partial charge in [-0.05, 0) is 45.2 Å². The van der Waals surface area contributed by atoms with Crippen LogP contribution in [0, 0.1) is 6.92 Å². The minimum Gasteiger partial charge on any atom is -0.376 e. The molecule has 0 aliphatic carbocycles. The fourth-order valence-electron chi connectivity index (χ4n) is 2.26. The summed E-state index contributed by atoms with van der Waals surface area (Å²) in [7, 11) is -3.88. The number of carbonyl (C=O) groups is 1. The van der Waals surface area contributed by atoms with Crippen molar-refractivity contribution in [3.8, 4) is 0 Å². The Kier molecular flexibility index (Phi) is 6.15. The van der Waals surface area contributed by atoms with E-state index in [0.717, 1.165) is 24.8 Å². The molecule has 2 rings (SSSR count). The van der Waals surface area contributed by atoms with Crippen molar-refractivity contribution in [1.82, 2.24) is 4.72 Å². The molecule has 1 aromatic carbocycles. The minimum atomic E-state index is -3.88. The first-order valence-electron chi connectivity index (χ1n) is 7.75. The number of amides is 1. The normalized spacial score (nSPS) is 20.0. The van der Waals surface area contributed by atoms with Crippen LogP contribution < -0.4 is 4.72 Å². The summed E-state index contributed by atoms with van der Waals surface area (Å²) in [5.74, 6) is -0.679. The van der Waals surface area contributed by atoms with Gasteiger partial charge in [0.25, 0.3) is 15.9 Å². The van der Waals surface area contributed by atoms with Crippen LogP contribution in [0.25, 0.3) is 0 Å². The molecule has 0 aromatic heterocycles. The number of ether oxygens (including phenoxy) is 2. The van der Waals surface area contributed by atoms with Gasteiger partial charge in [-0.15, -0.1) is 0 Å². The molecule has 0 saturated carbocycles. The van der Waals surface area contributed by atoms with E-state index >= 15 is 0 Å². The molecular weight excluding hydrogens is 318 g/mol. The van der Waals surface area contributed by atoms with E-state index in [-0.39, 0.29) is 11.0 Å². The predicted molar refractivity (Wildman–Crippen MR) is 85.5 cm³/mol. The largest absolute Gasteiger partial charge is 0.376 e. The third-order valence-electron chi connectivity index (χ3n) is 3.74. The Hall–Kier alpha value is -1.44. The lowest BCUT2D eigenvalue weighted by Crippen LogP contribution is -2.40. The first kappa shape index (κ1) is 17.9. The highest BCUT2D eigenvalue weighted by molar-refractivity contribution is 7.90. The van der Waals surface area contributed by atoms with Crippen LogP contribution in [0.1, 0.15) is 31.7 Å². The molecule has 0 bridgehead atoms. The van der Waals surface area contributed by atoms with Crippen molar-refractivity contribution in [3.05, 3.63) is 29.8 Å². The molecule has 128 valence electrons. The molecule has 1 aliphatic heterocycles. The molecule has 23 heavy (non-hydrogen) atoms. The monoisotopic (exact) mass is 341 g/mol. The van der Waals surface area contributed by atoms with E-state index in [0.29, 0.717) is 13.2 Å². The Bertz CT molecular complexity index is 620. The lowest BCUT2D eigenvalue weighted by atomic mass is 10.1. The molecule has 0 radical (unpaired) electrons. The first-order valence-corrected chi connectivity index (χ1v) is 9.23. The van der Waals surface area contributed by atoms with Crippen LogP contribution in [-0.4, -0.2) is 39.7 Å². The van der Waals surface area contributed by atoms with Crippen LogP contribution >= 0.6 is 0 Å². The van der Waals surface area contributed by atoms with E-state index < -0.39 is 22.0 Å². The molecule has 1 saturated heterocycles. The van der Waals surface area contributed by atoms with Crippen LogP contribution in [0.4, 0.5) is 0 Å². The molecule has 0 spiro atoms. The van der Waals surface area contributed by atoms with Gasteiger partial charge in [0.05, 0.1) is 17.6 Å². The third kappa shape index (κ3) is 5.30. The van der Waals surface area contributed by atoms with Crippen LogP contribution in [-0.2, 0) is 24.3 Å². The lowest BCUT2D eigenvalue weighted by molar-refractivity contribution is -0.133. The van der Waals surface area contributed by atoms with Gasteiger partial charge in [-0.25, -0.2) is 13.1 Å². The molecule has 1 aromatic rings. The van der Waals surface area contributed by atoms with Gasteiger partial charge >= 0.3 is 0 Å². The molecule has 1 fully saturated rings. The number of hydrogen-bond acceptors (Lipinski definition) is 5. The first-order chi connectivity index (χ1) is 10.9. The SMILES string of the molecule is Cc1ccc(S(=O)(=O)NC(=O)[C@@H](C)OC[C@H]2CCCCO2)cc1. The van der Waals surface area contributed by atoms with E-state index in [1.807, 2.05) is 11.6 Å². The fourth-order valence-corrected chi connectivity index (χ4v) is 3.30. The van der Waals surface area contributed by atoms with E-state index in [9.17, 15) is 13.2 Å². The Morgan fingerprint density at radius 1 is 1.35 bits per heavy atom. The Morgan fingerprint density at radius 3 is 2.65 bits per heavy atom. The predicted octanol–water partition coefficient (Wildman–Crippen LogP) is 1.77. The molecule has 1 amide bonds. The van der Waals surface area contributed by atoms with Crippen LogP contribution in [0.3, 0.4) is 0 Å². The number of carbonyl (C=O) groups excluding carboxylic acids is 1. The van der Waals surface area contributed by atoms with Gasteiger partial charge in [-0.3, -0.25) is 4.79 Å². The maximum Gasteiger partial charge on any atom is 0.264 e. The third-order valence-corrected chi connectivity index (χ3v) is 5.10. The highest BCUT2D eigenvalue weighted by Gasteiger charge is 2.23. The maximum atomic E-state index is 12.2. The summed E-state index contributed by atoms with van der Waals surface area (Å²) in [5.41, 5.74) is 0.944. The van der Waals surface area contributed by atoms with E-state index in [2.05, 4.69) is 0 Å². The molecule has 1 N–H and O–H groups in total. The second-order valence-corrected chi connectivity index (χ2v) is 7.43. The van der Waals surface area contributed by atoms with Crippen molar-refractivity contribution in [2.24, 2.45) is 0 Å². The number of nitrogens with one attached hydrogen (secondary N) is 1. The number of benzene rings is 1. The fraction of sp³-hybridized carbons (Fsp3) is 0.562. The van der Waals surface area contributed by atoms with Crippen molar-refractivity contribution in [2.45, 2.75) is 50.2 Å². The van der Waals surface area contributed by atoms with Gasteiger partial charge in [-0.2, -0.15) is 0 Å². The maximum absolute atomic E-state index is 12.2. The number of hydrogen-bond donors (Lipinski definition) is 1. The Balaban J connectivity index is 1.87. The van der Waals surface area contributed by atoms with Gasteiger partial charge in [0.1, 0.15) is 6.10 Å². The summed E-state index contributed by atoms with van der Waals surface area (Å²) >= 11 is 0. The topological polar surface area (TPSA) is 81.7 Å². The highest BCUT2D eigenvalue weighted by atomic mass is 32.2. The summed E-state index contributed by atoms with van der Waals surface area (Å²) in [6.45, 7) is 4.39. The Morgan fingerprint density at radius 2 is 2.04 bits per heavy atom. The highest BCUT2D eigenvalue weighted by Crippen LogP contribution is 2.14. The summed E-state index contributed by atoms with van der Waals surface area (Å²) in [6.07, 6.45) is 2.14. The Labute approximate surface area is 137 Å². The second-order valence-electron chi connectivity index (χ2n) is 5.75. The molecule has 1 heterocycles. The second kappa shape index (κ2) is 7.90. The smallest absolute Gasteiger partial charge is 0.264 e. The molecular formula is C16H23NO5S. The average molecular weight is 341 g/mol. The van der Waals surface area contributed by atoms with Crippen molar-refractivity contribution >= 4 is 15.9 Å². The summed E-state index contributed by atoms with van der Waals surface area (Å²) in [4.78, 5) is 12.1. The van der Waals surface area contributed by atoms with Crippen molar-refractivity contribution in [1.29, 1.82) is 0 Å². The van der Waals surface area contributed by atoms with Crippen LogP contribution in [0.2, 0.25) is 0 Å². The van der Waals surface area contributed by atoms with Gasteiger partial charge in [0.15, 0.2) is 0 Å². The van der Waals surface area contributed by atoms with Gasteiger partial charge in [0.2, 0.25) is 0 Å². The molecule has 2 atom stereocenters. The van der Waals surface area contributed by atoms with Crippen molar-refractivity contribution in [3.63, 3.8) is 0 Å². The standard InChI is InChI=1S/C16H23NO5S/c1-12-6-8-15(9-7-12)23(19,20)17-16(18)13(2)22-11-14-5-3-4-10-21-14/h6-9,13-14H,3-5,10-11H2,1-2H3,(H,17,18)/t13-,14-/m1/s1. The summed E-state index contributed by atoms with van der Waals surface area (Å²) in [5, 5.41) is 0. The van der Waals surface area contributed by atoms with Crippen LogP contribution in [0.15, 0.2) is 29.2 Å². The summed E-state index contributed by atoms with van der Waals surface area (Å²) in [6, 6.07) is 6.29. The molecule has 0 unspecified atom stereocenters. The molecule has 1 aliphatic rings.